The maximum atomic E-state index is 11.1. The van der Waals surface area contributed by atoms with E-state index in [4.69, 9.17) is 4.42 Å². The molecule has 12 heavy (non-hydrogen) atoms. The second-order valence-electron chi connectivity index (χ2n) is 2.33. The predicted octanol–water partition coefficient (Wildman–Crippen LogP) is 0.0529. The zero-order chi connectivity index (χ0) is 8.55. The zero-order valence-electron chi connectivity index (χ0n) is 6.03. The SMILES string of the molecule is O=c1ccc2[nH]ccoc=2c1=O. The van der Waals surface area contributed by atoms with E-state index in [0.29, 0.717) is 5.35 Å². The second kappa shape index (κ2) is 2.34. The van der Waals surface area contributed by atoms with E-state index in [2.05, 4.69) is 4.98 Å². The summed E-state index contributed by atoms with van der Waals surface area (Å²) < 4.78 is 4.88. The van der Waals surface area contributed by atoms with Crippen LogP contribution in [0, 0.1) is 10.8 Å². The lowest BCUT2D eigenvalue weighted by Gasteiger charge is -1.88. The molecule has 1 aliphatic heterocycles. The van der Waals surface area contributed by atoms with Gasteiger partial charge in [0.05, 0.1) is 5.35 Å². The fraction of sp³-hybridized carbons (Fsp3) is 0. The zero-order valence-corrected chi connectivity index (χ0v) is 6.03. The summed E-state index contributed by atoms with van der Waals surface area (Å²) in [6.45, 7) is 0. The largest absolute Gasteiger partial charge is 0.457 e. The van der Waals surface area contributed by atoms with Crippen molar-refractivity contribution in [2.24, 2.45) is 0 Å². The Balaban J connectivity index is 3.26. The smallest absolute Gasteiger partial charge is 0.270 e. The first kappa shape index (κ1) is 6.84. The Morgan fingerprint density at radius 1 is 1.25 bits per heavy atom. The summed E-state index contributed by atoms with van der Waals surface area (Å²) in [5.41, 5.74) is -1.08. The minimum Gasteiger partial charge on any atom is -0.457 e. The maximum Gasteiger partial charge on any atom is 0.270 e. The van der Waals surface area contributed by atoms with Crippen LogP contribution in [-0.2, 0) is 0 Å². The van der Waals surface area contributed by atoms with Gasteiger partial charge >= 0.3 is 0 Å². The molecular formula is C8H5NO3. The molecule has 4 heteroatoms. The van der Waals surface area contributed by atoms with Crippen molar-refractivity contribution in [1.29, 1.82) is 0 Å². The van der Waals surface area contributed by atoms with E-state index in [-0.39, 0.29) is 5.42 Å². The molecule has 4 nitrogen and oxygen atoms in total. The molecule has 0 amide bonds. The molecule has 1 heterocycles. The molecule has 0 spiro atoms. The van der Waals surface area contributed by atoms with Gasteiger partial charge in [0.25, 0.3) is 5.43 Å². The minimum absolute atomic E-state index is 0.0741. The van der Waals surface area contributed by atoms with Crippen LogP contribution in [0.2, 0.25) is 0 Å². The first-order chi connectivity index (χ1) is 5.79. The van der Waals surface area contributed by atoms with Crippen LogP contribution >= 0.6 is 0 Å². The van der Waals surface area contributed by atoms with Crippen LogP contribution in [0.1, 0.15) is 0 Å². The van der Waals surface area contributed by atoms with Gasteiger partial charge in [0, 0.05) is 6.20 Å². The fourth-order valence-electron chi connectivity index (χ4n) is 1.00. The number of nitrogens with one attached hydrogen (secondary N) is 1. The van der Waals surface area contributed by atoms with Crippen LogP contribution in [0.3, 0.4) is 0 Å². The normalized spacial score (nSPS) is 10.3. The van der Waals surface area contributed by atoms with Crippen molar-refractivity contribution in [2.45, 2.75) is 0 Å². The van der Waals surface area contributed by atoms with Crippen molar-refractivity contribution in [3.63, 3.8) is 0 Å². The van der Waals surface area contributed by atoms with Crippen LogP contribution in [0.5, 0.6) is 0 Å². The Kier molecular flexibility index (Phi) is 1.33. The summed E-state index contributed by atoms with van der Waals surface area (Å²) in [5, 5.41) is 0.530. The van der Waals surface area contributed by atoms with Gasteiger partial charge in [-0.05, 0) is 12.1 Å². The molecule has 0 unspecified atom stereocenters. The number of rotatable bonds is 0. The minimum atomic E-state index is -0.607. The topological polar surface area (TPSA) is 63.1 Å². The molecule has 0 saturated heterocycles. The molecular weight excluding hydrogens is 158 g/mol. The Morgan fingerprint density at radius 3 is 2.92 bits per heavy atom. The lowest BCUT2D eigenvalue weighted by Crippen LogP contribution is -2.23. The van der Waals surface area contributed by atoms with Gasteiger partial charge in [-0.2, -0.15) is 0 Å². The molecule has 0 fully saturated rings. The summed E-state index contributed by atoms with van der Waals surface area (Å²) in [7, 11) is 0. The third-order valence-electron chi connectivity index (χ3n) is 1.57. The van der Waals surface area contributed by atoms with Crippen LogP contribution in [0.15, 0.2) is 38.6 Å². The van der Waals surface area contributed by atoms with E-state index in [1.165, 1.54) is 18.4 Å². The first-order valence-electron chi connectivity index (χ1n) is 3.38. The Hall–Kier alpha value is -1.84. The highest BCUT2D eigenvalue weighted by atomic mass is 16.3. The summed E-state index contributed by atoms with van der Waals surface area (Å²) in [4.78, 5) is 24.7. The number of H-pyrrole nitrogens is 1. The van der Waals surface area contributed by atoms with Gasteiger partial charge in [-0.15, -0.1) is 0 Å². The standard InChI is InChI=1S/C8H5NO3/c10-6-2-1-5-8(7(6)11)12-4-3-9-5/h1-4,9H. The molecule has 60 valence electrons. The van der Waals surface area contributed by atoms with Gasteiger partial charge in [0.1, 0.15) is 6.26 Å². The predicted molar refractivity (Wildman–Crippen MR) is 40.9 cm³/mol. The van der Waals surface area contributed by atoms with Crippen molar-refractivity contribution >= 4 is 0 Å². The highest BCUT2D eigenvalue weighted by Crippen LogP contribution is 1.86. The molecule has 0 aromatic heterocycles. The molecule has 2 aliphatic rings. The monoisotopic (exact) mass is 163 g/mol. The van der Waals surface area contributed by atoms with Gasteiger partial charge in [-0.1, -0.05) is 0 Å². The van der Waals surface area contributed by atoms with E-state index in [1.807, 2.05) is 0 Å². The van der Waals surface area contributed by atoms with Gasteiger partial charge in [-0.25, -0.2) is 0 Å². The summed E-state index contributed by atoms with van der Waals surface area (Å²) in [6.07, 6.45) is 2.87. The first-order valence-corrected chi connectivity index (χ1v) is 3.38. The molecule has 0 saturated carbocycles. The molecule has 0 bridgehead atoms. The number of aromatic amines is 1. The Morgan fingerprint density at radius 2 is 2.08 bits per heavy atom. The van der Waals surface area contributed by atoms with E-state index in [9.17, 15) is 9.59 Å². The van der Waals surface area contributed by atoms with Crippen LogP contribution in [0.25, 0.3) is 0 Å². The highest BCUT2D eigenvalue weighted by molar-refractivity contribution is 5.02. The molecule has 1 N–H and O–H groups in total. The third kappa shape index (κ3) is 0.852. The van der Waals surface area contributed by atoms with Gasteiger partial charge in [0.2, 0.25) is 10.8 Å². The van der Waals surface area contributed by atoms with E-state index in [1.54, 1.807) is 6.20 Å². The van der Waals surface area contributed by atoms with Crippen molar-refractivity contribution < 1.29 is 4.42 Å². The van der Waals surface area contributed by atoms with E-state index < -0.39 is 10.9 Å². The number of hydrogen-bond acceptors (Lipinski definition) is 3. The summed E-state index contributed by atoms with van der Waals surface area (Å²) in [6, 6.07) is 2.74. The maximum absolute atomic E-state index is 11.1. The van der Waals surface area contributed by atoms with Gasteiger partial charge in [-0.3, -0.25) is 9.59 Å². The molecule has 2 rings (SSSR count). The average Bonchev–Trinajstić information content (AvgIpc) is 2.12. The summed E-state index contributed by atoms with van der Waals surface area (Å²) in [5.74, 6) is 0. The lowest BCUT2D eigenvalue weighted by atomic mass is 10.3. The van der Waals surface area contributed by atoms with Gasteiger partial charge in [0.15, 0.2) is 0 Å². The van der Waals surface area contributed by atoms with Crippen LogP contribution < -0.4 is 10.9 Å². The van der Waals surface area contributed by atoms with E-state index in [0.717, 1.165) is 0 Å². The van der Waals surface area contributed by atoms with Crippen molar-refractivity contribution in [3.8, 4) is 0 Å². The third-order valence-corrected chi connectivity index (χ3v) is 1.57. The molecule has 1 aliphatic carbocycles. The van der Waals surface area contributed by atoms with Crippen LogP contribution in [-0.4, -0.2) is 4.98 Å². The summed E-state index contributed by atoms with van der Waals surface area (Å²) >= 11 is 0. The lowest BCUT2D eigenvalue weighted by molar-refractivity contribution is 0.503. The van der Waals surface area contributed by atoms with Crippen LogP contribution in [0.4, 0.5) is 0 Å². The van der Waals surface area contributed by atoms with Crippen molar-refractivity contribution in [3.05, 3.63) is 55.8 Å². The van der Waals surface area contributed by atoms with Gasteiger partial charge < -0.3 is 9.40 Å². The molecule has 0 atom stereocenters. The highest BCUT2D eigenvalue weighted by Gasteiger charge is 1.98. The average molecular weight is 163 g/mol. The van der Waals surface area contributed by atoms with Crippen molar-refractivity contribution in [2.75, 3.05) is 0 Å². The second-order valence-corrected chi connectivity index (χ2v) is 2.33. The Labute approximate surface area is 66.1 Å². The molecule has 0 radical (unpaired) electrons. The number of hydrogen-bond donors (Lipinski definition) is 1. The number of aromatic nitrogens is 1. The van der Waals surface area contributed by atoms with E-state index >= 15 is 0 Å². The molecule has 0 aromatic carbocycles. The Bertz CT molecular complexity index is 566. The van der Waals surface area contributed by atoms with Crippen molar-refractivity contribution in [1.82, 2.24) is 4.98 Å². The fourth-order valence-corrected chi connectivity index (χ4v) is 1.00. The quantitative estimate of drug-likeness (QED) is 0.558. The molecule has 0 aromatic rings.